The van der Waals surface area contributed by atoms with Crippen LogP contribution in [0.25, 0.3) is 0 Å². The van der Waals surface area contributed by atoms with Crippen molar-refractivity contribution in [3.63, 3.8) is 0 Å². The van der Waals surface area contributed by atoms with E-state index in [9.17, 15) is 9.59 Å². The van der Waals surface area contributed by atoms with Gasteiger partial charge in [0.2, 0.25) is 5.91 Å². The number of fused-ring (bicyclic) bond motifs is 3. The van der Waals surface area contributed by atoms with Crippen molar-refractivity contribution in [3.05, 3.63) is 0 Å². The molecule has 1 N–H and O–H groups in total. The summed E-state index contributed by atoms with van der Waals surface area (Å²) in [6.07, 6.45) is 10.8. The molecule has 0 radical (unpaired) electrons. The molecule has 4 aliphatic rings. The Morgan fingerprint density at radius 3 is 2.52 bits per heavy atom. The summed E-state index contributed by atoms with van der Waals surface area (Å²) in [5, 5.41) is 3.42. The average molecular weight is 346 g/mol. The highest BCUT2D eigenvalue weighted by molar-refractivity contribution is 5.88. The Morgan fingerprint density at radius 1 is 1.08 bits per heavy atom. The minimum Gasteiger partial charge on any atom is -0.351 e. The van der Waals surface area contributed by atoms with Gasteiger partial charge in [0.05, 0.1) is 0 Å². The normalized spacial score (nSPS) is 51.6. The highest BCUT2D eigenvalue weighted by Gasteiger charge is 2.67. The fourth-order valence-electron chi connectivity index (χ4n) is 8.06. The molecule has 0 heterocycles. The van der Waals surface area contributed by atoms with Crippen LogP contribution in [0.1, 0.15) is 91.9 Å². The van der Waals surface area contributed by atoms with Crippen molar-refractivity contribution in [2.75, 3.05) is 0 Å². The second-order valence-electron chi connectivity index (χ2n) is 10.6. The summed E-state index contributed by atoms with van der Waals surface area (Å²) in [5.41, 5.74) is 0.444. The van der Waals surface area contributed by atoms with E-state index >= 15 is 0 Å². The molecule has 0 saturated heterocycles. The first-order valence-corrected chi connectivity index (χ1v) is 10.5. The van der Waals surface area contributed by atoms with Gasteiger partial charge >= 0.3 is 0 Å². The Kier molecular flexibility index (Phi) is 3.74. The van der Waals surface area contributed by atoms with Gasteiger partial charge in [-0.25, -0.2) is 0 Å². The van der Waals surface area contributed by atoms with Gasteiger partial charge in [-0.05, 0) is 74.5 Å². The first-order chi connectivity index (χ1) is 11.7. The molecule has 0 aromatic rings. The SMILES string of the molecule is CCC(=O)N[C@]1(C)CCC[C@@]2(C)[C@@H]3CC[C@@]4(C)C[C@]3(CC[C@@H]21)CC4=O. The van der Waals surface area contributed by atoms with Crippen molar-refractivity contribution >= 4 is 11.7 Å². The zero-order valence-corrected chi connectivity index (χ0v) is 16.5. The van der Waals surface area contributed by atoms with Gasteiger partial charge in [0.15, 0.2) is 0 Å². The Hall–Kier alpha value is -0.860. The lowest BCUT2D eigenvalue weighted by molar-refractivity contribution is -0.146. The maximum atomic E-state index is 12.7. The Bertz CT molecular complexity index is 615. The van der Waals surface area contributed by atoms with E-state index in [1.54, 1.807) is 0 Å². The summed E-state index contributed by atoms with van der Waals surface area (Å²) in [7, 11) is 0. The fraction of sp³-hybridized carbons (Fsp3) is 0.909. The van der Waals surface area contributed by atoms with E-state index in [1.807, 2.05) is 6.92 Å². The second-order valence-corrected chi connectivity index (χ2v) is 10.6. The van der Waals surface area contributed by atoms with Gasteiger partial charge in [0.25, 0.3) is 0 Å². The first-order valence-electron chi connectivity index (χ1n) is 10.5. The molecule has 6 atom stereocenters. The molecule has 4 rings (SSSR count). The highest BCUT2D eigenvalue weighted by atomic mass is 16.1. The monoisotopic (exact) mass is 345 g/mol. The van der Waals surface area contributed by atoms with E-state index in [4.69, 9.17) is 0 Å². The molecule has 0 aromatic carbocycles. The van der Waals surface area contributed by atoms with Crippen LogP contribution in [0.2, 0.25) is 0 Å². The Labute approximate surface area is 152 Å². The van der Waals surface area contributed by atoms with Crippen LogP contribution >= 0.6 is 0 Å². The summed E-state index contributed by atoms with van der Waals surface area (Å²) in [6.45, 7) is 8.97. The first kappa shape index (κ1) is 17.5. The van der Waals surface area contributed by atoms with Crippen molar-refractivity contribution in [3.8, 4) is 0 Å². The number of carbonyl (C=O) groups excluding carboxylic acids is 2. The Morgan fingerprint density at radius 2 is 1.80 bits per heavy atom. The summed E-state index contributed by atoms with van der Waals surface area (Å²) in [5.74, 6) is 1.95. The molecule has 3 heteroatoms. The number of hydrogen-bond donors (Lipinski definition) is 1. The molecular formula is C22H35NO2. The van der Waals surface area contributed by atoms with Crippen molar-refractivity contribution in [2.24, 2.45) is 28.1 Å². The number of nitrogens with one attached hydrogen (secondary N) is 1. The standard InChI is InChI=1S/C22H35NO2/c1-5-18(25)23-21(4)10-6-9-20(3)15(21)8-12-22-13-17(24)19(2,14-22)11-7-16(20)22/h15-16H,5-14H2,1-4H3,(H,23,25)/t15-,16-,19-,20+,21+,22-/m0/s1. The summed E-state index contributed by atoms with van der Waals surface area (Å²) in [4.78, 5) is 24.9. The predicted octanol–water partition coefficient (Wildman–Crippen LogP) is 4.64. The van der Waals surface area contributed by atoms with Gasteiger partial charge < -0.3 is 5.32 Å². The molecule has 2 bridgehead atoms. The van der Waals surface area contributed by atoms with Gasteiger partial charge in [0, 0.05) is 23.8 Å². The van der Waals surface area contributed by atoms with E-state index in [0.717, 1.165) is 25.7 Å². The molecule has 4 fully saturated rings. The van der Waals surface area contributed by atoms with E-state index in [1.165, 1.54) is 32.1 Å². The molecule has 4 saturated carbocycles. The molecule has 3 nitrogen and oxygen atoms in total. The smallest absolute Gasteiger partial charge is 0.220 e. The minimum absolute atomic E-state index is 0.0336. The fourth-order valence-corrected chi connectivity index (χ4v) is 8.06. The topological polar surface area (TPSA) is 46.2 Å². The van der Waals surface area contributed by atoms with Crippen LogP contribution < -0.4 is 5.32 Å². The van der Waals surface area contributed by atoms with Crippen LogP contribution in [0, 0.1) is 28.1 Å². The van der Waals surface area contributed by atoms with Crippen molar-refractivity contribution in [1.29, 1.82) is 0 Å². The van der Waals surface area contributed by atoms with Crippen LogP contribution in [0.4, 0.5) is 0 Å². The second kappa shape index (κ2) is 5.33. The van der Waals surface area contributed by atoms with Gasteiger partial charge in [-0.3, -0.25) is 9.59 Å². The summed E-state index contributed by atoms with van der Waals surface area (Å²) >= 11 is 0. The molecule has 0 unspecified atom stereocenters. The maximum Gasteiger partial charge on any atom is 0.220 e. The molecular weight excluding hydrogens is 310 g/mol. The summed E-state index contributed by atoms with van der Waals surface area (Å²) in [6, 6.07) is 0. The van der Waals surface area contributed by atoms with Crippen LogP contribution in [0.5, 0.6) is 0 Å². The number of ketones is 1. The maximum absolute atomic E-state index is 12.7. The molecule has 0 aromatic heterocycles. The molecule has 1 spiro atoms. The third-order valence-electron chi connectivity index (χ3n) is 9.10. The van der Waals surface area contributed by atoms with Crippen LogP contribution in [-0.4, -0.2) is 17.2 Å². The number of Topliss-reactive ketones (excluding diaryl/α,β-unsaturated/α-hetero) is 1. The lowest BCUT2D eigenvalue weighted by Gasteiger charge is -2.64. The van der Waals surface area contributed by atoms with Crippen molar-refractivity contribution in [1.82, 2.24) is 5.32 Å². The molecule has 1 amide bonds. The van der Waals surface area contributed by atoms with Gasteiger partial charge in [-0.15, -0.1) is 0 Å². The predicted molar refractivity (Wildman–Crippen MR) is 99.0 cm³/mol. The number of carbonyl (C=O) groups is 2. The minimum atomic E-state index is -0.0644. The quantitative estimate of drug-likeness (QED) is 0.792. The lowest BCUT2D eigenvalue weighted by atomic mass is 9.41. The van der Waals surface area contributed by atoms with E-state index in [-0.39, 0.29) is 27.7 Å². The van der Waals surface area contributed by atoms with Crippen LogP contribution in [0.15, 0.2) is 0 Å². The molecule has 4 aliphatic carbocycles. The van der Waals surface area contributed by atoms with E-state index in [2.05, 4.69) is 26.1 Å². The van der Waals surface area contributed by atoms with Crippen molar-refractivity contribution in [2.45, 2.75) is 97.4 Å². The van der Waals surface area contributed by atoms with Gasteiger partial charge in [-0.2, -0.15) is 0 Å². The van der Waals surface area contributed by atoms with Crippen molar-refractivity contribution < 1.29 is 9.59 Å². The number of hydrogen-bond acceptors (Lipinski definition) is 2. The molecule has 140 valence electrons. The largest absolute Gasteiger partial charge is 0.351 e. The van der Waals surface area contributed by atoms with E-state index in [0.29, 0.717) is 24.0 Å². The number of amides is 1. The van der Waals surface area contributed by atoms with Crippen LogP contribution in [0.3, 0.4) is 0 Å². The molecule has 25 heavy (non-hydrogen) atoms. The highest BCUT2D eigenvalue weighted by Crippen LogP contribution is 2.71. The molecule has 0 aliphatic heterocycles. The zero-order chi connectivity index (χ0) is 18.1. The lowest BCUT2D eigenvalue weighted by Crippen LogP contribution is -2.64. The van der Waals surface area contributed by atoms with Gasteiger partial charge in [0.1, 0.15) is 5.78 Å². The van der Waals surface area contributed by atoms with Gasteiger partial charge in [-0.1, -0.05) is 27.2 Å². The third-order valence-corrected chi connectivity index (χ3v) is 9.10. The third kappa shape index (κ3) is 2.29. The van der Waals surface area contributed by atoms with E-state index < -0.39 is 0 Å². The Balaban J connectivity index is 1.68. The summed E-state index contributed by atoms with van der Waals surface area (Å²) < 4.78 is 0. The number of rotatable bonds is 2. The zero-order valence-electron chi connectivity index (χ0n) is 16.5. The average Bonchev–Trinajstić information content (AvgIpc) is 2.71. The van der Waals surface area contributed by atoms with Crippen LogP contribution in [-0.2, 0) is 9.59 Å².